The van der Waals surface area contributed by atoms with Gasteiger partial charge in [0.1, 0.15) is 6.61 Å². The molecular formula is C11H9Cl2NO4. The zero-order valence-corrected chi connectivity index (χ0v) is 10.7. The van der Waals surface area contributed by atoms with Gasteiger partial charge in [0.05, 0.1) is 22.9 Å². The van der Waals surface area contributed by atoms with Gasteiger partial charge in [-0.1, -0.05) is 23.2 Å². The first-order valence-electron chi connectivity index (χ1n) is 5.11. The van der Waals surface area contributed by atoms with Crippen molar-refractivity contribution in [2.75, 3.05) is 24.7 Å². The Balaban J connectivity index is 2.54. The van der Waals surface area contributed by atoms with Crippen LogP contribution in [-0.4, -0.2) is 36.7 Å². The Kier molecular flexibility index (Phi) is 3.75. The molecule has 1 aromatic carbocycles. The standard InChI is InChI=1S/C11H9Cl2NO4/c12-6-3-7(11(16)17)10(8(13)4-6)14-1-2-18-5-9(14)15/h3-4H,1-2,5H2,(H,16,17). The van der Waals surface area contributed by atoms with Crippen LogP contribution in [0.4, 0.5) is 5.69 Å². The van der Waals surface area contributed by atoms with Crippen LogP contribution in [-0.2, 0) is 9.53 Å². The highest BCUT2D eigenvalue weighted by molar-refractivity contribution is 6.38. The summed E-state index contributed by atoms with van der Waals surface area (Å²) in [4.78, 5) is 24.2. The third-order valence-corrected chi connectivity index (χ3v) is 3.02. The second-order valence-electron chi connectivity index (χ2n) is 3.69. The maximum atomic E-state index is 11.7. The van der Waals surface area contributed by atoms with E-state index in [4.69, 9.17) is 33.0 Å². The van der Waals surface area contributed by atoms with Crippen LogP contribution in [0.1, 0.15) is 10.4 Å². The van der Waals surface area contributed by atoms with Crippen LogP contribution in [0, 0.1) is 0 Å². The van der Waals surface area contributed by atoms with E-state index in [0.717, 1.165) is 0 Å². The summed E-state index contributed by atoms with van der Waals surface area (Å²) in [5.41, 5.74) is 0.0737. The van der Waals surface area contributed by atoms with Crippen molar-refractivity contribution in [2.24, 2.45) is 0 Å². The maximum Gasteiger partial charge on any atom is 0.337 e. The fraction of sp³-hybridized carbons (Fsp3) is 0.273. The number of carbonyl (C=O) groups excluding carboxylic acids is 1. The highest BCUT2D eigenvalue weighted by Gasteiger charge is 2.27. The molecule has 0 aromatic heterocycles. The molecule has 1 heterocycles. The maximum absolute atomic E-state index is 11.7. The Hall–Kier alpha value is -1.30. The average molecular weight is 290 g/mol. The van der Waals surface area contributed by atoms with Gasteiger partial charge in [-0.15, -0.1) is 0 Å². The molecule has 1 aliphatic rings. The van der Waals surface area contributed by atoms with Gasteiger partial charge in [0.25, 0.3) is 5.91 Å². The van der Waals surface area contributed by atoms with Crippen molar-refractivity contribution >= 4 is 40.8 Å². The first-order valence-corrected chi connectivity index (χ1v) is 5.86. The van der Waals surface area contributed by atoms with Gasteiger partial charge < -0.3 is 14.7 Å². The average Bonchev–Trinajstić information content (AvgIpc) is 2.29. The van der Waals surface area contributed by atoms with Gasteiger partial charge >= 0.3 is 5.97 Å². The monoisotopic (exact) mass is 289 g/mol. The molecule has 1 saturated heterocycles. The van der Waals surface area contributed by atoms with Crippen molar-refractivity contribution in [1.82, 2.24) is 0 Å². The van der Waals surface area contributed by atoms with Crippen LogP contribution < -0.4 is 4.90 Å². The second-order valence-corrected chi connectivity index (χ2v) is 4.53. The first-order chi connectivity index (χ1) is 8.50. The molecule has 2 rings (SSSR count). The fourth-order valence-corrected chi connectivity index (χ4v) is 2.35. The highest BCUT2D eigenvalue weighted by Crippen LogP contribution is 2.34. The molecule has 1 aliphatic heterocycles. The predicted molar refractivity (Wildman–Crippen MR) is 66.6 cm³/mol. The van der Waals surface area contributed by atoms with Crippen molar-refractivity contribution in [3.8, 4) is 0 Å². The van der Waals surface area contributed by atoms with Gasteiger partial charge in [-0.25, -0.2) is 4.79 Å². The third-order valence-electron chi connectivity index (χ3n) is 2.51. The molecule has 5 nitrogen and oxygen atoms in total. The van der Waals surface area contributed by atoms with Crippen molar-refractivity contribution < 1.29 is 19.4 Å². The van der Waals surface area contributed by atoms with Crippen LogP contribution in [0.3, 0.4) is 0 Å². The molecular weight excluding hydrogens is 281 g/mol. The Bertz CT molecular complexity index is 518. The lowest BCUT2D eigenvalue weighted by Crippen LogP contribution is -2.42. The Labute approximate surface area is 113 Å². The van der Waals surface area contributed by atoms with Crippen LogP contribution in [0.15, 0.2) is 12.1 Å². The molecule has 1 N–H and O–H groups in total. The number of nitrogens with zero attached hydrogens (tertiary/aromatic N) is 1. The SMILES string of the molecule is O=C(O)c1cc(Cl)cc(Cl)c1N1CCOCC1=O. The smallest absolute Gasteiger partial charge is 0.337 e. The van der Waals surface area contributed by atoms with E-state index in [1.807, 2.05) is 0 Å². The van der Waals surface area contributed by atoms with Crippen LogP contribution in [0.2, 0.25) is 10.0 Å². The molecule has 0 bridgehead atoms. The quantitative estimate of drug-likeness (QED) is 0.905. The molecule has 0 radical (unpaired) electrons. The number of hydrogen-bond acceptors (Lipinski definition) is 3. The van der Waals surface area contributed by atoms with E-state index in [2.05, 4.69) is 0 Å². The number of carboxylic acids is 1. The highest BCUT2D eigenvalue weighted by atomic mass is 35.5. The number of ether oxygens (including phenoxy) is 1. The van der Waals surface area contributed by atoms with E-state index < -0.39 is 5.97 Å². The molecule has 0 saturated carbocycles. The van der Waals surface area contributed by atoms with Gasteiger partial charge in [-0.3, -0.25) is 4.79 Å². The lowest BCUT2D eigenvalue weighted by atomic mass is 10.1. The minimum Gasteiger partial charge on any atom is -0.478 e. The van der Waals surface area contributed by atoms with E-state index in [-0.39, 0.29) is 40.4 Å². The molecule has 96 valence electrons. The number of amides is 1. The molecule has 0 unspecified atom stereocenters. The number of benzene rings is 1. The fourth-order valence-electron chi connectivity index (χ4n) is 1.76. The summed E-state index contributed by atoms with van der Waals surface area (Å²) in [6.45, 7) is 0.516. The van der Waals surface area contributed by atoms with E-state index in [1.165, 1.54) is 17.0 Å². The predicted octanol–water partition coefficient (Wildman–Crippen LogP) is 2.05. The third kappa shape index (κ3) is 2.43. The van der Waals surface area contributed by atoms with Gasteiger partial charge in [-0.2, -0.15) is 0 Å². The topological polar surface area (TPSA) is 66.8 Å². The van der Waals surface area contributed by atoms with Crippen molar-refractivity contribution in [3.63, 3.8) is 0 Å². The van der Waals surface area contributed by atoms with Gasteiger partial charge in [-0.05, 0) is 12.1 Å². The van der Waals surface area contributed by atoms with Gasteiger partial charge in [0.2, 0.25) is 0 Å². The number of hydrogen-bond donors (Lipinski definition) is 1. The van der Waals surface area contributed by atoms with Crippen LogP contribution >= 0.6 is 23.2 Å². The number of halogens is 2. The van der Waals surface area contributed by atoms with E-state index >= 15 is 0 Å². The summed E-state index contributed by atoms with van der Waals surface area (Å²) in [5, 5.41) is 9.49. The molecule has 18 heavy (non-hydrogen) atoms. The Morgan fingerprint density at radius 2 is 2.11 bits per heavy atom. The normalized spacial score (nSPS) is 15.9. The summed E-state index contributed by atoms with van der Waals surface area (Å²) >= 11 is 11.8. The van der Waals surface area contributed by atoms with E-state index in [9.17, 15) is 9.59 Å². The number of rotatable bonds is 2. The molecule has 0 atom stereocenters. The number of aromatic carboxylic acids is 1. The lowest BCUT2D eigenvalue weighted by molar-refractivity contribution is -0.125. The van der Waals surface area contributed by atoms with Gasteiger partial charge in [0.15, 0.2) is 0 Å². The molecule has 7 heteroatoms. The lowest BCUT2D eigenvalue weighted by Gasteiger charge is -2.28. The molecule has 1 amide bonds. The van der Waals surface area contributed by atoms with E-state index in [1.54, 1.807) is 0 Å². The van der Waals surface area contributed by atoms with Crippen LogP contribution in [0.5, 0.6) is 0 Å². The molecule has 0 aliphatic carbocycles. The van der Waals surface area contributed by atoms with Crippen molar-refractivity contribution in [1.29, 1.82) is 0 Å². The summed E-state index contributed by atoms with van der Waals surface area (Å²) in [7, 11) is 0. The number of carboxylic acid groups (broad SMARTS) is 1. The van der Waals surface area contributed by atoms with Crippen molar-refractivity contribution in [3.05, 3.63) is 27.7 Å². The summed E-state index contributed by atoms with van der Waals surface area (Å²) in [6, 6.07) is 2.68. The molecule has 1 fully saturated rings. The Morgan fingerprint density at radius 3 is 2.72 bits per heavy atom. The minimum absolute atomic E-state index is 0.0853. The Morgan fingerprint density at radius 1 is 1.39 bits per heavy atom. The summed E-state index contributed by atoms with van der Waals surface area (Å²) in [6.07, 6.45) is 0. The zero-order valence-electron chi connectivity index (χ0n) is 9.15. The van der Waals surface area contributed by atoms with E-state index in [0.29, 0.717) is 6.61 Å². The largest absolute Gasteiger partial charge is 0.478 e. The van der Waals surface area contributed by atoms with Crippen LogP contribution in [0.25, 0.3) is 0 Å². The second kappa shape index (κ2) is 5.14. The minimum atomic E-state index is -1.19. The van der Waals surface area contributed by atoms with Gasteiger partial charge in [0, 0.05) is 11.6 Å². The molecule has 1 aromatic rings. The van der Waals surface area contributed by atoms with Crippen molar-refractivity contribution in [2.45, 2.75) is 0 Å². The molecule has 0 spiro atoms. The zero-order chi connectivity index (χ0) is 13.3. The summed E-state index contributed by atoms with van der Waals surface area (Å²) in [5.74, 6) is -1.51. The number of morpholine rings is 1. The summed E-state index contributed by atoms with van der Waals surface area (Å²) < 4.78 is 4.99. The first kappa shape index (κ1) is 13.1. The number of anilines is 1. The number of carbonyl (C=O) groups is 2.